The molecule has 3 nitrogen and oxygen atoms in total. The number of anilines is 3. The van der Waals surface area contributed by atoms with Crippen molar-refractivity contribution in [2.75, 3.05) is 4.90 Å². The monoisotopic (exact) mass is 981 g/mol. The summed E-state index contributed by atoms with van der Waals surface area (Å²) in [5.74, 6) is 3.57. The zero-order valence-electron chi connectivity index (χ0n) is 41.9. The lowest BCUT2D eigenvalue weighted by molar-refractivity contribution is 0.436. The largest absolute Gasteiger partial charge is 0.457 e. The summed E-state index contributed by atoms with van der Waals surface area (Å²) in [6.45, 7) is 0. The Labute approximate surface area is 448 Å². The molecule has 12 aromatic carbocycles. The van der Waals surface area contributed by atoms with E-state index in [1.54, 1.807) is 0 Å². The summed E-state index contributed by atoms with van der Waals surface area (Å²) in [5.41, 5.74) is 23.7. The molecule has 0 amide bonds. The second-order valence-corrected chi connectivity index (χ2v) is 20.6. The molecule has 0 bridgehead atoms. The molecule has 0 fully saturated rings. The summed E-state index contributed by atoms with van der Waals surface area (Å²) in [4.78, 5) is 2.45. The predicted octanol–water partition coefficient (Wildman–Crippen LogP) is 19.1. The van der Waals surface area contributed by atoms with Crippen LogP contribution < -0.4 is 14.4 Å². The van der Waals surface area contributed by atoms with Crippen LogP contribution in [0.4, 0.5) is 17.1 Å². The van der Waals surface area contributed by atoms with Crippen LogP contribution in [-0.4, -0.2) is 0 Å². The molecule has 0 saturated heterocycles. The Bertz CT molecular complexity index is 4290. The third-order valence-corrected chi connectivity index (χ3v) is 16.8. The highest BCUT2D eigenvalue weighted by molar-refractivity contribution is 5.96. The molecule has 4 aliphatic rings. The van der Waals surface area contributed by atoms with Gasteiger partial charge >= 0.3 is 0 Å². The molecule has 16 rings (SSSR count). The lowest BCUT2D eigenvalue weighted by Gasteiger charge is -2.39. The van der Waals surface area contributed by atoms with Gasteiger partial charge in [0.1, 0.15) is 23.0 Å². The van der Waals surface area contributed by atoms with Gasteiger partial charge in [-0.25, -0.2) is 0 Å². The molecule has 0 aromatic heterocycles. The fraction of sp³-hybridized carbons (Fsp3) is 0.0270. The molecule has 2 aliphatic carbocycles. The summed E-state index contributed by atoms with van der Waals surface area (Å²) in [5, 5.41) is 0. The fourth-order valence-electron chi connectivity index (χ4n) is 13.7. The molecule has 2 heterocycles. The van der Waals surface area contributed by atoms with Crippen LogP contribution in [0.25, 0.3) is 55.6 Å². The van der Waals surface area contributed by atoms with E-state index in [-0.39, 0.29) is 0 Å². The molecule has 12 aromatic rings. The molecule has 0 unspecified atom stereocenters. The maximum Gasteiger partial charge on any atom is 0.132 e. The van der Waals surface area contributed by atoms with Crippen molar-refractivity contribution in [2.24, 2.45) is 0 Å². The number of hydrogen-bond donors (Lipinski definition) is 0. The summed E-state index contributed by atoms with van der Waals surface area (Å²) in [7, 11) is 0. The average Bonchev–Trinajstić information content (AvgIpc) is 3.91. The molecular formula is C74H47NO2. The van der Waals surface area contributed by atoms with Crippen molar-refractivity contribution in [1.82, 2.24) is 0 Å². The van der Waals surface area contributed by atoms with E-state index in [9.17, 15) is 0 Å². The molecule has 77 heavy (non-hydrogen) atoms. The van der Waals surface area contributed by atoms with Crippen LogP contribution in [0, 0.1) is 0 Å². The number of nitrogens with zero attached hydrogens (tertiary/aromatic N) is 1. The first-order valence-electron chi connectivity index (χ1n) is 26.6. The molecule has 0 N–H and O–H groups in total. The van der Waals surface area contributed by atoms with Gasteiger partial charge in [-0.3, -0.25) is 0 Å². The van der Waals surface area contributed by atoms with Gasteiger partial charge in [0, 0.05) is 39.2 Å². The highest BCUT2D eigenvalue weighted by atomic mass is 16.5. The molecule has 360 valence electrons. The highest BCUT2D eigenvalue weighted by Crippen LogP contribution is 2.64. The topological polar surface area (TPSA) is 21.7 Å². The Morgan fingerprint density at radius 1 is 0.221 bits per heavy atom. The normalized spacial score (nSPS) is 13.9. The Hall–Kier alpha value is -9.96. The second kappa shape index (κ2) is 16.8. The van der Waals surface area contributed by atoms with Crippen LogP contribution in [-0.2, 0) is 10.8 Å². The van der Waals surface area contributed by atoms with Crippen LogP contribution in [0.15, 0.2) is 285 Å². The van der Waals surface area contributed by atoms with E-state index in [2.05, 4.69) is 290 Å². The maximum absolute atomic E-state index is 6.66. The molecule has 0 saturated carbocycles. The Morgan fingerprint density at radius 2 is 0.571 bits per heavy atom. The van der Waals surface area contributed by atoms with E-state index in [0.717, 1.165) is 90.1 Å². The first-order valence-corrected chi connectivity index (χ1v) is 26.6. The maximum atomic E-state index is 6.66. The van der Waals surface area contributed by atoms with E-state index < -0.39 is 10.8 Å². The predicted molar refractivity (Wildman–Crippen MR) is 312 cm³/mol. The molecule has 2 aliphatic heterocycles. The van der Waals surface area contributed by atoms with E-state index in [1.807, 2.05) is 0 Å². The minimum absolute atomic E-state index is 0.526. The van der Waals surface area contributed by atoms with Crippen LogP contribution in [0.3, 0.4) is 0 Å². The summed E-state index contributed by atoms with van der Waals surface area (Å²) in [6, 6.07) is 104. The van der Waals surface area contributed by atoms with Crippen LogP contribution in [0.5, 0.6) is 23.0 Å². The van der Waals surface area contributed by atoms with Crippen molar-refractivity contribution in [3.63, 3.8) is 0 Å². The lowest BCUT2D eigenvalue weighted by Crippen LogP contribution is -2.32. The van der Waals surface area contributed by atoms with Crippen molar-refractivity contribution in [1.29, 1.82) is 0 Å². The number of ether oxygens (including phenoxy) is 2. The second-order valence-electron chi connectivity index (χ2n) is 20.6. The van der Waals surface area contributed by atoms with Gasteiger partial charge in [-0.1, -0.05) is 218 Å². The lowest BCUT2D eigenvalue weighted by atomic mass is 9.66. The third-order valence-electron chi connectivity index (χ3n) is 16.8. The van der Waals surface area contributed by atoms with Gasteiger partial charge in [-0.15, -0.1) is 0 Å². The van der Waals surface area contributed by atoms with E-state index in [0.29, 0.717) is 0 Å². The molecule has 0 atom stereocenters. The minimum Gasteiger partial charge on any atom is -0.457 e. The molecule has 0 radical (unpaired) electrons. The zero-order chi connectivity index (χ0) is 50.7. The van der Waals surface area contributed by atoms with Crippen molar-refractivity contribution < 1.29 is 9.47 Å². The van der Waals surface area contributed by atoms with Crippen molar-refractivity contribution >= 4 is 17.1 Å². The van der Waals surface area contributed by atoms with Crippen molar-refractivity contribution in [3.05, 3.63) is 330 Å². The van der Waals surface area contributed by atoms with Crippen LogP contribution >= 0.6 is 0 Å². The smallest absolute Gasteiger partial charge is 0.132 e. The van der Waals surface area contributed by atoms with Crippen LogP contribution in [0.2, 0.25) is 0 Å². The highest BCUT2D eigenvalue weighted by Gasteiger charge is 2.52. The van der Waals surface area contributed by atoms with Crippen molar-refractivity contribution in [3.8, 4) is 78.6 Å². The van der Waals surface area contributed by atoms with Gasteiger partial charge in [0.15, 0.2) is 0 Å². The quantitative estimate of drug-likeness (QED) is 0.166. The van der Waals surface area contributed by atoms with Gasteiger partial charge in [-0.2, -0.15) is 0 Å². The summed E-state index contributed by atoms with van der Waals surface area (Å²) < 4.78 is 13.3. The summed E-state index contributed by atoms with van der Waals surface area (Å²) >= 11 is 0. The zero-order valence-corrected chi connectivity index (χ0v) is 41.9. The SMILES string of the molecule is c1ccc(-c2cccc(N(c3cccc(-c4ccc5c(c4)-c4ccccc4C54c5ccccc5Oc5ccccc54)c3)c3ccccc3-c3ccc4c(c3)-c3ccccc3C43c4ccccc4Oc4ccccc43)c2)cc1. The van der Waals surface area contributed by atoms with E-state index >= 15 is 0 Å². The summed E-state index contributed by atoms with van der Waals surface area (Å²) in [6.07, 6.45) is 0. The molecule has 3 heteroatoms. The van der Waals surface area contributed by atoms with Gasteiger partial charge in [0.2, 0.25) is 0 Å². The number of rotatable bonds is 6. The van der Waals surface area contributed by atoms with Gasteiger partial charge in [0.25, 0.3) is 0 Å². The first kappa shape index (κ1) is 43.4. The molecule has 2 spiro atoms. The van der Waals surface area contributed by atoms with E-state index in [1.165, 1.54) is 50.1 Å². The van der Waals surface area contributed by atoms with Crippen LogP contribution in [0.1, 0.15) is 44.5 Å². The standard InChI is InChI=1S/C74H47NO2/c1-2-20-48(21-3-1)49-22-18-24-53(44-49)75(54-25-19-23-50(45-54)51-40-42-62-58(46-51)56-27-4-7-29-60(56)73(62)64-31-9-14-36-69(64)76-70-37-15-10-32-65(70)73)68-35-13-6-26-55(68)52-41-43-63-59(47-52)57-28-5-8-30-61(57)74(63)66-33-11-16-38-71(66)77-72-39-17-12-34-67(72)74/h1-47H. The van der Waals surface area contributed by atoms with Crippen molar-refractivity contribution in [2.45, 2.75) is 10.8 Å². The first-order chi connectivity index (χ1) is 38.2. The number of benzene rings is 12. The molecular weight excluding hydrogens is 935 g/mol. The number of fused-ring (bicyclic) bond motifs is 18. The average molecular weight is 982 g/mol. The van der Waals surface area contributed by atoms with Gasteiger partial charge in [-0.05, 0) is 139 Å². The van der Waals surface area contributed by atoms with Gasteiger partial charge < -0.3 is 14.4 Å². The number of para-hydroxylation sites is 5. The Balaban J connectivity index is 0.869. The van der Waals surface area contributed by atoms with Gasteiger partial charge in [0.05, 0.1) is 16.5 Å². The Kier molecular flexibility index (Phi) is 9.47. The van der Waals surface area contributed by atoms with E-state index in [4.69, 9.17) is 9.47 Å². The third kappa shape index (κ3) is 6.20. The minimum atomic E-state index is -0.542. The number of hydrogen-bond acceptors (Lipinski definition) is 3. The fourth-order valence-corrected chi connectivity index (χ4v) is 13.7. The Morgan fingerprint density at radius 3 is 1.08 bits per heavy atom.